The van der Waals surface area contributed by atoms with Crippen molar-refractivity contribution in [3.05, 3.63) is 0 Å². The number of fused-ring (bicyclic) bond motifs is 2. The molecule has 0 aromatic carbocycles. The van der Waals surface area contributed by atoms with E-state index in [1.807, 2.05) is 0 Å². The van der Waals surface area contributed by atoms with Crippen LogP contribution < -0.4 is 0 Å². The molecule has 66 valence electrons. The van der Waals surface area contributed by atoms with Crippen LogP contribution in [0.1, 0.15) is 39.5 Å². The molecule has 2 aliphatic rings. The van der Waals surface area contributed by atoms with Crippen LogP contribution in [0.4, 0.5) is 0 Å². The molecule has 0 N–H and O–H groups in total. The lowest BCUT2D eigenvalue weighted by molar-refractivity contribution is 0.126. The van der Waals surface area contributed by atoms with Crippen molar-refractivity contribution in [1.29, 1.82) is 5.26 Å². The zero-order chi connectivity index (χ0) is 8.77. The van der Waals surface area contributed by atoms with Crippen LogP contribution in [0, 0.1) is 34.5 Å². The van der Waals surface area contributed by atoms with Gasteiger partial charge in [0, 0.05) is 6.42 Å². The molecule has 2 bridgehead atoms. The van der Waals surface area contributed by atoms with Crippen LogP contribution in [0.5, 0.6) is 0 Å². The molecule has 2 fully saturated rings. The number of nitriles is 1. The molecule has 0 radical (unpaired) electrons. The molecule has 0 heterocycles. The molecule has 0 unspecified atom stereocenters. The Morgan fingerprint density at radius 3 is 2.67 bits per heavy atom. The zero-order valence-corrected chi connectivity index (χ0v) is 8.01. The van der Waals surface area contributed by atoms with E-state index in [4.69, 9.17) is 5.26 Å². The minimum Gasteiger partial charge on any atom is -0.198 e. The first-order chi connectivity index (χ1) is 5.66. The van der Waals surface area contributed by atoms with Crippen LogP contribution in [0.15, 0.2) is 0 Å². The number of hydrogen-bond acceptors (Lipinski definition) is 1. The van der Waals surface area contributed by atoms with Gasteiger partial charge in [-0.05, 0) is 42.4 Å². The summed E-state index contributed by atoms with van der Waals surface area (Å²) in [6, 6.07) is 2.35. The quantitative estimate of drug-likeness (QED) is 0.583. The molecule has 3 atom stereocenters. The van der Waals surface area contributed by atoms with Gasteiger partial charge in [-0.1, -0.05) is 13.8 Å². The molecule has 0 aromatic rings. The molecule has 0 spiro atoms. The highest BCUT2D eigenvalue weighted by atomic mass is 14.6. The van der Waals surface area contributed by atoms with Crippen LogP contribution in [0.25, 0.3) is 0 Å². The molecule has 1 heteroatoms. The van der Waals surface area contributed by atoms with Gasteiger partial charge in [-0.2, -0.15) is 5.26 Å². The highest BCUT2D eigenvalue weighted by molar-refractivity contribution is 5.03. The van der Waals surface area contributed by atoms with Gasteiger partial charge in [0.2, 0.25) is 0 Å². The lowest BCUT2D eigenvalue weighted by atomic mass is 9.68. The average molecular weight is 163 g/mol. The standard InChI is InChI=1S/C11H17N/c1-11(2)9-4-3-8(7-9)10(11)5-6-12/h8-10H,3-5,7H2,1-2H3/t8-,9+,10+/m1/s1. The molecule has 1 nitrogen and oxygen atoms in total. The summed E-state index contributed by atoms with van der Waals surface area (Å²) in [7, 11) is 0. The van der Waals surface area contributed by atoms with E-state index in [1.165, 1.54) is 19.3 Å². The van der Waals surface area contributed by atoms with Crippen LogP contribution in [-0.2, 0) is 0 Å². The van der Waals surface area contributed by atoms with Gasteiger partial charge >= 0.3 is 0 Å². The second kappa shape index (κ2) is 2.49. The summed E-state index contributed by atoms with van der Waals surface area (Å²) in [5.41, 5.74) is 0.457. The van der Waals surface area contributed by atoms with E-state index in [0.717, 1.165) is 18.3 Å². The molecule has 0 aliphatic heterocycles. The Balaban J connectivity index is 2.18. The Bertz CT molecular complexity index is 224. The summed E-state index contributed by atoms with van der Waals surface area (Å²) in [5.74, 6) is 2.49. The minimum atomic E-state index is 0.457. The monoisotopic (exact) mass is 163 g/mol. The molecule has 0 aromatic heterocycles. The van der Waals surface area contributed by atoms with Gasteiger partial charge < -0.3 is 0 Å². The molecule has 0 amide bonds. The van der Waals surface area contributed by atoms with Crippen molar-refractivity contribution in [1.82, 2.24) is 0 Å². The first kappa shape index (κ1) is 8.10. The third-order valence-electron chi connectivity index (χ3n) is 4.36. The normalized spacial score (nSPS) is 42.9. The Labute approximate surface area is 74.8 Å². The van der Waals surface area contributed by atoms with Crippen LogP contribution in [0.3, 0.4) is 0 Å². The van der Waals surface area contributed by atoms with Crippen molar-refractivity contribution in [3.8, 4) is 6.07 Å². The molecule has 0 saturated heterocycles. The van der Waals surface area contributed by atoms with E-state index in [0.29, 0.717) is 11.3 Å². The van der Waals surface area contributed by atoms with Gasteiger partial charge in [0.25, 0.3) is 0 Å². The first-order valence-corrected chi connectivity index (χ1v) is 5.03. The first-order valence-electron chi connectivity index (χ1n) is 5.03. The van der Waals surface area contributed by atoms with Crippen molar-refractivity contribution in [3.63, 3.8) is 0 Å². The van der Waals surface area contributed by atoms with E-state index in [1.54, 1.807) is 0 Å². The highest BCUT2D eigenvalue weighted by Crippen LogP contribution is 2.60. The maximum Gasteiger partial charge on any atom is 0.0624 e. The smallest absolute Gasteiger partial charge is 0.0624 e. The van der Waals surface area contributed by atoms with Gasteiger partial charge in [0.15, 0.2) is 0 Å². The highest BCUT2D eigenvalue weighted by Gasteiger charge is 2.52. The maximum atomic E-state index is 8.74. The van der Waals surface area contributed by atoms with Crippen molar-refractivity contribution >= 4 is 0 Å². The Hall–Kier alpha value is -0.510. The summed E-state index contributed by atoms with van der Waals surface area (Å²) in [5, 5.41) is 8.74. The molecule has 12 heavy (non-hydrogen) atoms. The largest absolute Gasteiger partial charge is 0.198 e. The zero-order valence-electron chi connectivity index (χ0n) is 8.01. The molecular formula is C11H17N. The van der Waals surface area contributed by atoms with Crippen molar-refractivity contribution in [2.45, 2.75) is 39.5 Å². The lowest BCUT2D eigenvalue weighted by Gasteiger charge is -2.37. The summed E-state index contributed by atoms with van der Waals surface area (Å²) < 4.78 is 0. The number of rotatable bonds is 1. The van der Waals surface area contributed by atoms with Crippen molar-refractivity contribution in [2.75, 3.05) is 0 Å². The Morgan fingerprint density at radius 2 is 2.17 bits per heavy atom. The maximum absolute atomic E-state index is 8.74. The average Bonchev–Trinajstić information content (AvgIpc) is 2.53. The second-order valence-electron chi connectivity index (χ2n) is 5.06. The number of hydrogen-bond donors (Lipinski definition) is 0. The van der Waals surface area contributed by atoms with Crippen LogP contribution >= 0.6 is 0 Å². The third-order valence-corrected chi connectivity index (χ3v) is 4.36. The molecule has 2 saturated carbocycles. The van der Waals surface area contributed by atoms with E-state index in [2.05, 4.69) is 19.9 Å². The van der Waals surface area contributed by atoms with Gasteiger partial charge in [0.05, 0.1) is 6.07 Å². The van der Waals surface area contributed by atoms with E-state index >= 15 is 0 Å². The third kappa shape index (κ3) is 0.905. The molecular weight excluding hydrogens is 146 g/mol. The summed E-state index contributed by atoms with van der Waals surface area (Å²) in [6.07, 6.45) is 4.99. The van der Waals surface area contributed by atoms with Gasteiger partial charge in [-0.25, -0.2) is 0 Å². The topological polar surface area (TPSA) is 23.8 Å². The lowest BCUT2D eigenvalue weighted by Crippen LogP contribution is -2.30. The fraction of sp³-hybridized carbons (Fsp3) is 0.909. The van der Waals surface area contributed by atoms with E-state index in [9.17, 15) is 0 Å². The van der Waals surface area contributed by atoms with Crippen LogP contribution in [0.2, 0.25) is 0 Å². The fourth-order valence-corrected chi connectivity index (χ4v) is 3.50. The van der Waals surface area contributed by atoms with Crippen molar-refractivity contribution < 1.29 is 0 Å². The van der Waals surface area contributed by atoms with E-state index < -0.39 is 0 Å². The van der Waals surface area contributed by atoms with Gasteiger partial charge in [-0.3, -0.25) is 0 Å². The predicted octanol–water partition coefficient (Wildman–Crippen LogP) is 2.97. The number of nitrogens with zero attached hydrogens (tertiary/aromatic N) is 1. The van der Waals surface area contributed by atoms with Gasteiger partial charge in [0.1, 0.15) is 0 Å². The second-order valence-corrected chi connectivity index (χ2v) is 5.06. The predicted molar refractivity (Wildman–Crippen MR) is 48.3 cm³/mol. The molecule has 2 rings (SSSR count). The van der Waals surface area contributed by atoms with Crippen molar-refractivity contribution in [2.24, 2.45) is 23.2 Å². The van der Waals surface area contributed by atoms with Crippen LogP contribution in [-0.4, -0.2) is 0 Å². The fourth-order valence-electron chi connectivity index (χ4n) is 3.50. The van der Waals surface area contributed by atoms with Gasteiger partial charge in [-0.15, -0.1) is 0 Å². The Kier molecular flexibility index (Phi) is 1.68. The summed E-state index contributed by atoms with van der Waals surface area (Å²) >= 11 is 0. The Morgan fingerprint density at radius 1 is 1.42 bits per heavy atom. The summed E-state index contributed by atoms with van der Waals surface area (Å²) in [6.45, 7) is 4.72. The summed E-state index contributed by atoms with van der Waals surface area (Å²) in [4.78, 5) is 0. The SMILES string of the molecule is CC1(C)[C@H]2CC[C@H](C2)[C@@H]1CC#N. The molecule has 2 aliphatic carbocycles. The minimum absolute atomic E-state index is 0.457. The van der Waals surface area contributed by atoms with E-state index in [-0.39, 0.29) is 0 Å².